The standard InChI is InChI=1S/C18H29N3O3/c1-4-21(14-13-20-11-7-5-6-8-12-20)18(22)15-9-10-16(23-2)19-17(15)24-3/h9-10H,4-8,11-14H2,1-3H3. The van der Waals surface area contributed by atoms with E-state index in [4.69, 9.17) is 9.47 Å². The van der Waals surface area contributed by atoms with Gasteiger partial charge < -0.3 is 19.3 Å². The van der Waals surface area contributed by atoms with Crippen LogP contribution in [-0.2, 0) is 0 Å². The number of methoxy groups -OCH3 is 2. The topological polar surface area (TPSA) is 54.9 Å². The number of hydrogen-bond acceptors (Lipinski definition) is 5. The molecule has 1 aliphatic heterocycles. The zero-order valence-corrected chi connectivity index (χ0v) is 15.1. The first kappa shape index (κ1) is 18.5. The highest BCUT2D eigenvalue weighted by molar-refractivity contribution is 5.96. The van der Waals surface area contributed by atoms with Crippen molar-refractivity contribution >= 4 is 5.91 Å². The van der Waals surface area contributed by atoms with Crippen LogP contribution < -0.4 is 9.47 Å². The molecule has 0 bridgehead atoms. The van der Waals surface area contributed by atoms with Crippen molar-refractivity contribution in [2.45, 2.75) is 32.6 Å². The van der Waals surface area contributed by atoms with Crippen molar-refractivity contribution in [3.05, 3.63) is 17.7 Å². The number of hydrogen-bond donors (Lipinski definition) is 0. The molecule has 1 saturated heterocycles. The van der Waals surface area contributed by atoms with E-state index < -0.39 is 0 Å². The second kappa shape index (κ2) is 9.47. The van der Waals surface area contributed by atoms with Gasteiger partial charge in [0.25, 0.3) is 5.91 Å². The van der Waals surface area contributed by atoms with E-state index >= 15 is 0 Å². The Hall–Kier alpha value is -1.82. The first-order valence-electron chi connectivity index (χ1n) is 8.80. The van der Waals surface area contributed by atoms with Crippen molar-refractivity contribution in [2.75, 3.05) is 46.9 Å². The maximum Gasteiger partial charge on any atom is 0.259 e. The van der Waals surface area contributed by atoms with Gasteiger partial charge in [0.1, 0.15) is 5.56 Å². The zero-order valence-electron chi connectivity index (χ0n) is 15.1. The van der Waals surface area contributed by atoms with Crippen molar-refractivity contribution in [1.29, 1.82) is 0 Å². The van der Waals surface area contributed by atoms with E-state index in [-0.39, 0.29) is 5.91 Å². The summed E-state index contributed by atoms with van der Waals surface area (Å²) >= 11 is 0. The average molecular weight is 335 g/mol. The van der Waals surface area contributed by atoms with Crippen molar-refractivity contribution < 1.29 is 14.3 Å². The lowest BCUT2D eigenvalue weighted by molar-refractivity contribution is 0.0741. The molecular formula is C18H29N3O3. The summed E-state index contributed by atoms with van der Waals surface area (Å²) in [6, 6.07) is 3.42. The largest absolute Gasteiger partial charge is 0.481 e. The lowest BCUT2D eigenvalue weighted by atomic mass is 10.2. The third-order valence-electron chi connectivity index (χ3n) is 4.52. The van der Waals surface area contributed by atoms with Crippen LogP contribution in [-0.4, -0.2) is 67.6 Å². The predicted octanol–water partition coefficient (Wildman–Crippen LogP) is 2.44. The molecule has 0 saturated carbocycles. The minimum absolute atomic E-state index is 0.0423. The van der Waals surface area contributed by atoms with Gasteiger partial charge in [-0.25, -0.2) is 0 Å². The van der Waals surface area contributed by atoms with Gasteiger partial charge in [-0.3, -0.25) is 4.79 Å². The SMILES string of the molecule is CCN(CCN1CCCCCC1)C(=O)c1ccc(OC)nc1OC. The Kier molecular flexibility index (Phi) is 7.31. The molecule has 2 heterocycles. The summed E-state index contributed by atoms with van der Waals surface area (Å²) in [6.45, 7) is 6.60. The molecule has 1 aromatic rings. The van der Waals surface area contributed by atoms with E-state index in [1.165, 1.54) is 32.8 Å². The summed E-state index contributed by atoms with van der Waals surface area (Å²) in [7, 11) is 3.06. The molecule has 2 rings (SSSR count). The number of pyridine rings is 1. The van der Waals surface area contributed by atoms with Crippen molar-refractivity contribution in [3.63, 3.8) is 0 Å². The normalized spacial score (nSPS) is 15.6. The molecule has 0 atom stereocenters. The number of rotatable bonds is 7. The number of ether oxygens (including phenoxy) is 2. The predicted molar refractivity (Wildman–Crippen MR) is 93.8 cm³/mol. The van der Waals surface area contributed by atoms with E-state index in [0.29, 0.717) is 23.9 Å². The summed E-state index contributed by atoms with van der Waals surface area (Å²) in [5, 5.41) is 0. The Morgan fingerprint density at radius 1 is 1.17 bits per heavy atom. The van der Waals surface area contributed by atoms with Crippen LogP contribution in [0.5, 0.6) is 11.8 Å². The molecule has 0 N–H and O–H groups in total. The number of likely N-dealkylation sites (N-methyl/N-ethyl adjacent to an activating group) is 1. The molecule has 0 radical (unpaired) electrons. The van der Waals surface area contributed by atoms with Gasteiger partial charge in [0.2, 0.25) is 11.8 Å². The Balaban J connectivity index is 2.02. The van der Waals surface area contributed by atoms with Crippen molar-refractivity contribution in [1.82, 2.24) is 14.8 Å². The number of carbonyl (C=O) groups excluding carboxylic acids is 1. The summed E-state index contributed by atoms with van der Waals surface area (Å²) in [5.41, 5.74) is 0.482. The third kappa shape index (κ3) is 4.84. The smallest absolute Gasteiger partial charge is 0.259 e. The molecule has 1 aliphatic rings. The van der Waals surface area contributed by atoms with Crippen LogP contribution in [0.15, 0.2) is 12.1 Å². The first-order valence-corrected chi connectivity index (χ1v) is 8.80. The van der Waals surface area contributed by atoms with Crippen LogP contribution in [0.4, 0.5) is 0 Å². The van der Waals surface area contributed by atoms with E-state index in [2.05, 4.69) is 9.88 Å². The zero-order chi connectivity index (χ0) is 17.4. The third-order valence-corrected chi connectivity index (χ3v) is 4.52. The van der Waals surface area contributed by atoms with Gasteiger partial charge >= 0.3 is 0 Å². The quantitative estimate of drug-likeness (QED) is 0.766. The Morgan fingerprint density at radius 2 is 1.88 bits per heavy atom. The molecular weight excluding hydrogens is 306 g/mol. The second-order valence-electron chi connectivity index (χ2n) is 6.05. The summed E-state index contributed by atoms with van der Waals surface area (Å²) in [5.74, 6) is 0.711. The van der Waals surface area contributed by atoms with Gasteiger partial charge in [-0.2, -0.15) is 4.98 Å². The van der Waals surface area contributed by atoms with E-state index in [0.717, 1.165) is 26.2 Å². The number of aromatic nitrogens is 1. The average Bonchev–Trinajstić information content (AvgIpc) is 2.90. The van der Waals surface area contributed by atoms with Gasteiger partial charge in [-0.1, -0.05) is 12.8 Å². The number of likely N-dealkylation sites (tertiary alicyclic amines) is 1. The Labute approximate surface area is 144 Å². The maximum absolute atomic E-state index is 12.8. The van der Waals surface area contributed by atoms with Crippen LogP contribution >= 0.6 is 0 Å². The van der Waals surface area contributed by atoms with E-state index in [9.17, 15) is 4.79 Å². The number of nitrogens with zero attached hydrogens (tertiary/aromatic N) is 3. The molecule has 1 fully saturated rings. The van der Waals surface area contributed by atoms with Crippen LogP contribution in [0.1, 0.15) is 43.0 Å². The molecule has 0 spiro atoms. The molecule has 24 heavy (non-hydrogen) atoms. The Bertz CT molecular complexity index is 528. The fraction of sp³-hybridized carbons (Fsp3) is 0.667. The van der Waals surface area contributed by atoms with Crippen molar-refractivity contribution in [2.24, 2.45) is 0 Å². The molecule has 134 valence electrons. The monoisotopic (exact) mass is 335 g/mol. The molecule has 0 aromatic carbocycles. The molecule has 0 unspecified atom stereocenters. The highest BCUT2D eigenvalue weighted by Crippen LogP contribution is 2.21. The highest BCUT2D eigenvalue weighted by atomic mass is 16.5. The van der Waals surface area contributed by atoms with Gasteiger partial charge in [0.05, 0.1) is 14.2 Å². The Morgan fingerprint density at radius 3 is 2.46 bits per heavy atom. The highest BCUT2D eigenvalue weighted by Gasteiger charge is 2.21. The molecule has 1 aromatic heterocycles. The van der Waals surface area contributed by atoms with Gasteiger partial charge in [0, 0.05) is 25.7 Å². The fourth-order valence-corrected chi connectivity index (χ4v) is 3.05. The summed E-state index contributed by atoms with van der Waals surface area (Å²) in [4.78, 5) is 21.4. The van der Waals surface area contributed by atoms with Crippen molar-refractivity contribution in [3.8, 4) is 11.8 Å². The van der Waals surface area contributed by atoms with Gasteiger partial charge in [-0.05, 0) is 38.9 Å². The minimum Gasteiger partial charge on any atom is -0.481 e. The molecule has 0 aliphatic carbocycles. The maximum atomic E-state index is 12.8. The number of amides is 1. The molecule has 6 heteroatoms. The summed E-state index contributed by atoms with van der Waals surface area (Å²) < 4.78 is 10.4. The minimum atomic E-state index is -0.0423. The number of carbonyl (C=O) groups is 1. The van der Waals surface area contributed by atoms with Gasteiger partial charge in [0.15, 0.2) is 0 Å². The first-order chi connectivity index (χ1) is 11.7. The van der Waals surface area contributed by atoms with E-state index in [1.54, 1.807) is 19.2 Å². The lowest BCUT2D eigenvalue weighted by Crippen LogP contribution is -2.39. The van der Waals surface area contributed by atoms with Crippen LogP contribution in [0.3, 0.4) is 0 Å². The fourth-order valence-electron chi connectivity index (χ4n) is 3.05. The van der Waals surface area contributed by atoms with Crippen LogP contribution in [0.2, 0.25) is 0 Å². The van der Waals surface area contributed by atoms with Gasteiger partial charge in [-0.15, -0.1) is 0 Å². The van der Waals surface area contributed by atoms with E-state index in [1.807, 2.05) is 11.8 Å². The van der Waals surface area contributed by atoms with Crippen LogP contribution in [0, 0.1) is 0 Å². The summed E-state index contributed by atoms with van der Waals surface area (Å²) in [6.07, 6.45) is 5.16. The van der Waals surface area contributed by atoms with Crippen LogP contribution in [0.25, 0.3) is 0 Å². The molecule has 6 nitrogen and oxygen atoms in total. The molecule has 1 amide bonds. The second-order valence-corrected chi connectivity index (χ2v) is 6.05. The lowest BCUT2D eigenvalue weighted by Gasteiger charge is -2.26.